The number of carbonyl (C=O) groups excluding carboxylic acids is 2. The maximum atomic E-state index is 13.4. The van der Waals surface area contributed by atoms with Crippen LogP contribution in [0, 0.1) is 0 Å². The molecule has 2 atom stereocenters. The van der Waals surface area contributed by atoms with Crippen molar-refractivity contribution in [2.75, 3.05) is 12.9 Å². The molecule has 1 aliphatic rings. The van der Waals surface area contributed by atoms with E-state index in [9.17, 15) is 9.59 Å². The average molecular weight is 530 g/mol. The number of hydrogen-bond acceptors (Lipinski definition) is 9. The Morgan fingerprint density at radius 2 is 1.84 bits per heavy atom. The molecule has 196 valence electrons. The number of nitrogens with zero attached hydrogens (tertiary/aromatic N) is 2. The first-order valence-electron chi connectivity index (χ1n) is 11.1. The molecule has 11 nitrogen and oxygen atoms in total. The van der Waals surface area contributed by atoms with E-state index < -0.39 is 23.6 Å². The van der Waals surface area contributed by atoms with Gasteiger partial charge < -0.3 is 19.7 Å². The largest absolute Gasteiger partial charge is 0.497 e. The van der Waals surface area contributed by atoms with Crippen molar-refractivity contribution >= 4 is 46.5 Å². The number of aliphatic carboxylic acids is 2. The lowest BCUT2D eigenvalue weighted by atomic mass is 10.0. The van der Waals surface area contributed by atoms with Gasteiger partial charge in [0.05, 0.1) is 24.0 Å². The van der Waals surface area contributed by atoms with Gasteiger partial charge in [0.1, 0.15) is 11.4 Å². The highest BCUT2D eigenvalue weighted by Crippen LogP contribution is 2.35. The zero-order chi connectivity index (χ0) is 27.3. The Morgan fingerprint density at radius 1 is 1.14 bits per heavy atom. The number of Topliss-reactive ketones (excluding diaryl/α,β-unsaturated/α-hetero) is 1. The number of methoxy groups -OCH3 is 1. The molecule has 0 spiro atoms. The minimum absolute atomic E-state index is 0.00181. The minimum Gasteiger partial charge on any atom is -0.497 e. The van der Waals surface area contributed by atoms with Crippen LogP contribution in [0.3, 0.4) is 0 Å². The Balaban J connectivity index is 0.000000568. The summed E-state index contributed by atoms with van der Waals surface area (Å²) in [5.74, 6) is -2.48. The molecular weight excluding hydrogens is 502 g/mol. The molecule has 0 bridgehead atoms. The Hall–Kier alpha value is -3.90. The molecule has 0 radical (unpaired) electrons. The summed E-state index contributed by atoms with van der Waals surface area (Å²) < 4.78 is 12.2. The van der Waals surface area contributed by atoms with Gasteiger partial charge in [-0.2, -0.15) is 0 Å². The number of fused-ring (bicyclic) bond motifs is 1. The second kappa shape index (κ2) is 11.4. The molecule has 4 rings (SSSR count). The normalized spacial score (nSPS) is 17.0. The van der Waals surface area contributed by atoms with E-state index in [0.29, 0.717) is 28.0 Å². The van der Waals surface area contributed by atoms with Gasteiger partial charge in [-0.1, -0.05) is 6.07 Å². The number of benzene rings is 1. The minimum atomic E-state index is -1.82. The number of ether oxygens (including phenoxy) is 2. The standard InChI is InChI=1S/C23H25N3O4S.C2H2O4/c1-23(2,3)30-22(28)26-12-17(16-8-7-15(29-4)10-19(16)26)20(27)18-13-31-21(25-18)14-6-5-9-24-11-14;3-1(4)2(5)6/h5-12,18,21,25H,13H2,1-4H3;(H,3,4)(H,5,6)/t18-,21?;/m0./s1. The fourth-order valence-electron chi connectivity index (χ4n) is 3.53. The fraction of sp³-hybridized carbons (Fsp3) is 0.320. The maximum absolute atomic E-state index is 13.4. The van der Waals surface area contributed by atoms with Crippen LogP contribution < -0.4 is 10.1 Å². The summed E-state index contributed by atoms with van der Waals surface area (Å²) >= 11 is 1.67. The molecule has 0 amide bonds. The number of thioether (sulfide) groups is 1. The van der Waals surface area contributed by atoms with Crippen LogP contribution in [0.25, 0.3) is 10.9 Å². The fourth-order valence-corrected chi connectivity index (χ4v) is 4.75. The van der Waals surface area contributed by atoms with Crippen LogP contribution in [-0.2, 0) is 14.3 Å². The van der Waals surface area contributed by atoms with Crippen LogP contribution in [0.15, 0.2) is 48.9 Å². The van der Waals surface area contributed by atoms with Crippen molar-refractivity contribution in [1.82, 2.24) is 14.9 Å². The number of carboxylic acids is 2. The molecule has 3 heterocycles. The summed E-state index contributed by atoms with van der Waals surface area (Å²) in [6.45, 7) is 5.42. The Morgan fingerprint density at radius 3 is 2.41 bits per heavy atom. The van der Waals surface area contributed by atoms with Gasteiger partial charge in [-0.25, -0.2) is 14.4 Å². The van der Waals surface area contributed by atoms with Gasteiger partial charge in [0.15, 0.2) is 5.78 Å². The topological polar surface area (TPSA) is 157 Å². The molecule has 3 aromatic rings. The summed E-state index contributed by atoms with van der Waals surface area (Å²) in [5.41, 5.74) is 1.43. The molecule has 37 heavy (non-hydrogen) atoms. The van der Waals surface area contributed by atoms with E-state index >= 15 is 0 Å². The Labute approximate surface area is 216 Å². The molecule has 1 aliphatic heterocycles. The highest BCUT2D eigenvalue weighted by atomic mass is 32.2. The number of carbonyl (C=O) groups is 4. The van der Waals surface area contributed by atoms with Crippen LogP contribution in [0.5, 0.6) is 5.75 Å². The molecule has 2 aromatic heterocycles. The highest BCUT2D eigenvalue weighted by Gasteiger charge is 2.33. The van der Waals surface area contributed by atoms with E-state index in [4.69, 9.17) is 29.3 Å². The molecule has 1 saturated heterocycles. The zero-order valence-corrected chi connectivity index (χ0v) is 21.4. The lowest BCUT2D eigenvalue weighted by molar-refractivity contribution is -0.159. The zero-order valence-electron chi connectivity index (χ0n) is 20.6. The van der Waals surface area contributed by atoms with E-state index in [1.807, 2.05) is 39.0 Å². The van der Waals surface area contributed by atoms with Gasteiger partial charge in [0, 0.05) is 41.4 Å². The van der Waals surface area contributed by atoms with Gasteiger partial charge in [0.25, 0.3) is 0 Å². The van der Waals surface area contributed by atoms with Gasteiger partial charge in [-0.05, 0) is 44.5 Å². The van der Waals surface area contributed by atoms with E-state index in [1.54, 1.807) is 49.6 Å². The Bertz CT molecular complexity index is 1300. The van der Waals surface area contributed by atoms with Gasteiger partial charge in [-0.15, -0.1) is 11.8 Å². The number of nitrogens with one attached hydrogen (secondary N) is 1. The predicted molar refractivity (Wildman–Crippen MR) is 136 cm³/mol. The highest BCUT2D eigenvalue weighted by molar-refractivity contribution is 7.99. The van der Waals surface area contributed by atoms with Crippen molar-refractivity contribution in [1.29, 1.82) is 0 Å². The number of hydrogen-bond donors (Lipinski definition) is 3. The number of pyridine rings is 1. The second-order valence-electron chi connectivity index (χ2n) is 8.97. The molecule has 0 aliphatic carbocycles. The number of aromatic nitrogens is 2. The summed E-state index contributed by atoms with van der Waals surface area (Å²) in [6, 6.07) is 8.84. The summed E-state index contributed by atoms with van der Waals surface area (Å²) in [6.07, 6.45) is 4.57. The van der Waals surface area contributed by atoms with Crippen molar-refractivity contribution in [3.8, 4) is 5.75 Å². The molecule has 1 unspecified atom stereocenters. The smallest absolute Gasteiger partial charge is 0.419 e. The van der Waals surface area contributed by atoms with Crippen molar-refractivity contribution < 1.29 is 38.9 Å². The van der Waals surface area contributed by atoms with Crippen molar-refractivity contribution in [2.24, 2.45) is 0 Å². The summed E-state index contributed by atoms with van der Waals surface area (Å²) in [7, 11) is 1.56. The van der Waals surface area contributed by atoms with Crippen LogP contribution in [-0.4, -0.2) is 68.1 Å². The number of carboxylic acid groups (broad SMARTS) is 2. The molecular formula is C25H27N3O8S. The molecule has 3 N–H and O–H groups in total. The van der Waals surface area contributed by atoms with Crippen molar-refractivity contribution in [2.45, 2.75) is 37.8 Å². The van der Waals surface area contributed by atoms with Crippen LogP contribution >= 0.6 is 11.8 Å². The first-order chi connectivity index (χ1) is 17.4. The second-order valence-corrected chi connectivity index (χ2v) is 10.1. The average Bonchev–Trinajstić information content (AvgIpc) is 3.49. The third kappa shape index (κ3) is 6.86. The van der Waals surface area contributed by atoms with Crippen molar-refractivity contribution in [3.05, 3.63) is 60.0 Å². The number of rotatable bonds is 4. The van der Waals surface area contributed by atoms with Crippen molar-refractivity contribution in [3.63, 3.8) is 0 Å². The molecule has 1 aromatic carbocycles. The SMILES string of the molecule is COc1ccc2c(C(=O)[C@@H]3CSC(c4cccnc4)N3)cn(C(=O)OC(C)(C)C)c2c1.O=C(O)C(=O)O. The lowest BCUT2D eigenvalue weighted by Gasteiger charge is -2.19. The van der Waals surface area contributed by atoms with Crippen LogP contribution in [0.4, 0.5) is 4.79 Å². The third-order valence-corrected chi connectivity index (χ3v) is 6.40. The van der Waals surface area contributed by atoms with E-state index in [-0.39, 0.29) is 17.2 Å². The van der Waals surface area contributed by atoms with E-state index in [2.05, 4.69) is 10.3 Å². The quantitative estimate of drug-likeness (QED) is 0.335. The maximum Gasteiger partial charge on any atom is 0.419 e. The van der Waals surface area contributed by atoms with Gasteiger partial charge >= 0.3 is 18.0 Å². The first kappa shape index (κ1) is 27.7. The Kier molecular flexibility index (Phi) is 8.56. The lowest BCUT2D eigenvalue weighted by Crippen LogP contribution is -2.34. The predicted octanol–water partition coefficient (Wildman–Crippen LogP) is 3.57. The molecule has 0 saturated carbocycles. The van der Waals surface area contributed by atoms with E-state index in [0.717, 1.165) is 5.56 Å². The first-order valence-corrected chi connectivity index (χ1v) is 12.2. The van der Waals surface area contributed by atoms with Crippen LogP contribution in [0.2, 0.25) is 0 Å². The van der Waals surface area contributed by atoms with Gasteiger partial charge in [0.2, 0.25) is 0 Å². The summed E-state index contributed by atoms with van der Waals surface area (Å²) in [5, 5.41) is 18.9. The number of ketones is 1. The third-order valence-electron chi connectivity index (χ3n) is 5.14. The monoisotopic (exact) mass is 529 g/mol. The molecule has 12 heteroatoms. The van der Waals surface area contributed by atoms with Gasteiger partial charge in [-0.3, -0.25) is 19.7 Å². The van der Waals surface area contributed by atoms with Crippen LogP contribution in [0.1, 0.15) is 42.1 Å². The molecule has 1 fully saturated rings. The summed E-state index contributed by atoms with van der Waals surface area (Å²) in [4.78, 5) is 48.6. The van der Waals surface area contributed by atoms with E-state index in [1.165, 1.54) is 4.57 Å².